The van der Waals surface area contributed by atoms with Crippen LogP contribution < -0.4 is 20.9 Å². The van der Waals surface area contributed by atoms with Crippen LogP contribution in [0.3, 0.4) is 0 Å². The van der Waals surface area contributed by atoms with Gasteiger partial charge in [-0.15, -0.1) is 0 Å². The van der Waals surface area contributed by atoms with Gasteiger partial charge in [-0.25, -0.2) is 4.39 Å². The number of pyridine rings is 2. The van der Waals surface area contributed by atoms with Gasteiger partial charge in [0.05, 0.1) is 18.4 Å². The van der Waals surface area contributed by atoms with Crippen LogP contribution in [0.4, 0.5) is 4.39 Å². The molecule has 0 spiro atoms. The zero-order valence-corrected chi connectivity index (χ0v) is 20.4. The van der Waals surface area contributed by atoms with Crippen molar-refractivity contribution in [3.05, 3.63) is 69.1 Å². The Morgan fingerprint density at radius 2 is 1.95 bits per heavy atom. The van der Waals surface area contributed by atoms with Crippen molar-refractivity contribution < 1.29 is 33.7 Å². The number of nitrogens with zero attached hydrogens (tertiary/aromatic N) is 2. The summed E-state index contributed by atoms with van der Waals surface area (Å²) < 4.78 is 25.3. The molecular formula is C26H25FN4O7. The highest BCUT2D eigenvalue weighted by atomic mass is 19.1. The van der Waals surface area contributed by atoms with Crippen LogP contribution in [0.15, 0.2) is 41.0 Å². The first kappa shape index (κ1) is 25.4. The molecule has 1 fully saturated rings. The molecule has 0 saturated heterocycles. The zero-order chi connectivity index (χ0) is 27.0. The Balaban J connectivity index is 1.62. The SMILES string of the molecule is COCCNC(=O)c1c(O)c2ncc(Cc3ccc(F)cc3)c3c2n(c1=O)C=C(C(=O)NCC1(O)CC1)O3. The van der Waals surface area contributed by atoms with Gasteiger partial charge in [-0.2, -0.15) is 0 Å². The molecule has 0 bridgehead atoms. The van der Waals surface area contributed by atoms with E-state index in [4.69, 9.17) is 9.47 Å². The lowest BCUT2D eigenvalue weighted by atomic mass is 10.0. The van der Waals surface area contributed by atoms with E-state index in [2.05, 4.69) is 15.6 Å². The molecule has 5 rings (SSSR count). The number of aliphatic hydroxyl groups is 1. The van der Waals surface area contributed by atoms with Gasteiger partial charge in [-0.3, -0.25) is 23.9 Å². The first-order valence-corrected chi connectivity index (χ1v) is 11.9. The zero-order valence-electron chi connectivity index (χ0n) is 20.4. The van der Waals surface area contributed by atoms with Crippen molar-refractivity contribution in [3.8, 4) is 11.5 Å². The third-order valence-corrected chi connectivity index (χ3v) is 6.43. The number of aromatic nitrogens is 2. The molecule has 2 amide bonds. The standard InChI is InChI=1S/C26H25FN4O7/c1-37-9-8-28-24(34)18-21(32)19-20-22(15(11-29-19)10-14-2-4-16(27)5-3-14)38-17(12-31(20)25(18)35)23(33)30-13-26(36)6-7-26/h2-5,11-12,32,36H,6-10,13H2,1H3,(H,28,34)(H,30,33). The van der Waals surface area contributed by atoms with E-state index in [1.54, 1.807) is 12.1 Å². The van der Waals surface area contributed by atoms with Crippen molar-refractivity contribution in [2.24, 2.45) is 0 Å². The Morgan fingerprint density at radius 1 is 1.21 bits per heavy atom. The average molecular weight is 525 g/mol. The number of amides is 2. The van der Waals surface area contributed by atoms with Crippen molar-refractivity contribution in [1.82, 2.24) is 20.2 Å². The van der Waals surface area contributed by atoms with E-state index in [-0.39, 0.29) is 48.7 Å². The number of carbonyl (C=O) groups is 2. The van der Waals surface area contributed by atoms with Crippen molar-refractivity contribution in [3.63, 3.8) is 0 Å². The number of rotatable bonds is 9. The molecule has 4 N–H and O–H groups in total. The number of halogens is 1. The van der Waals surface area contributed by atoms with Gasteiger partial charge in [0.15, 0.2) is 11.5 Å². The summed E-state index contributed by atoms with van der Waals surface area (Å²) in [5.74, 6) is -2.73. The molecule has 3 heterocycles. The predicted molar refractivity (Wildman–Crippen MR) is 133 cm³/mol. The van der Waals surface area contributed by atoms with Crippen LogP contribution in [0.1, 0.15) is 34.3 Å². The number of hydrogen-bond acceptors (Lipinski definition) is 8. The van der Waals surface area contributed by atoms with Gasteiger partial charge in [-0.1, -0.05) is 12.1 Å². The number of methoxy groups -OCH3 is 1. The fraction of sp³-hybridized carbons (Fsp3) is 0.308. The highest BCUT2D eigenvalue weighted by molar-refractivity contribution is 6.04. The summed E-state index contributed by atoms with van der Waals surface area (Å²) in [6, 6.07) is 5.75. The number of hydrogen-bond donors (Lipinski definition) is 4. The Morgan fingerprint density at radius 3 is 2.63 bits per heavy atom. The summed E-state index contributed by atoms with van der Waals surface area (Å²) in [6.07, 6.45) is 3.85. The fourth-order valence-corrected chi connectivity index (χ4v) is 4.12. The molecule has 3 aromatic rings. The Hall–Kier alpha value is -4.29. The maximum atomic E-state index is 13.5. The van der Waals surface area contributed by atoms with E-state index in [1.165, 1.54) is 25.4 Å². The van der Waals surface area contributed by atoms with Crippen LogP contribution in [0.2, 0.25) is 0 Å². The molecule has 11 nitrogen and oxygen atoms in total. The normalized spacial score (nSPS) is 15.0. The molecule has 2 aromatic heterocycles. The summed E-state index contributed by atoms with van der Waals surface area (Å²) >= 11 is 0. The Labute approximate surface area is 215 Å². The molecule has 0 unspecified atom stereocenters. The van der Waals surface area contributed by atoms with Crippen LogP contribution in [-0.2, 0) is 16.0 Å². The van der Waals surface area contributed by atoms with Crippen molar-refractivity contribution in [2.75, 3.05) is 26.8 Å². The van der Waals surface area contributed by atoms with Crippen LogP contribution in [0.5, 0.6) is 11.5 Å². The highest BCUT2D eigenvalue weighted by Crippen LogP contribution is 2.38. The van der Waals surface area contributed by atoms with Crippen LogP contribution in [-0.4, -0.2) is 64.0 Å². The summed E-state index contributed by atoms with van der Waals surface area (Å²) in [6.45, 7) is 0.288. The molecule has 38 heavy (non-hydrogen) atoms. The van der Waals surface area contributed by atoms with E-state index in [9.17, 15) is 29.0 Å². The summed E-state index contributed by atoms with van der Waals surface area (Å²) in [5, 5.41) is 26.1. The number of benzene rings is 1. The molecule has 0 atom stereocenters. The number of aromatic hydroxyl groups is 1. The number of carbonyl (C=O) groups excluding carboxylic acids is 2. The average Bonchev–Trinajstić information content (AvgIpc) is 3.65. The third-order valence-electron chi connectivity index (χ3n) is 6.43. The van der Waals surface area contributed by atoms with E-state index in [1.807, 2.05) is 0 Å². The molecule has 198 valence electrons. The summed E-state index contributed by atoms with van der Waals surface area (Å²) in [5.41, 5.74) is -1.26. The second-order valence-corrected chi connectivity index (χ2v) is 9.26. The van der Waals surface area contributed by atoms with Gasteiger partial charge in [0, 0.05) is 38.4 Å². The molecule has 12 heteroatoms. The predicted octanol–water partition coefficient (Wildman–Crippen LogP) is 1.04. The minimum Gasteiger partial charge on any atom is -0.505 e. The molecule has 1 aliphatic carbocycles. The van der Waals surface area contributed by atoms with E-state index >= 15 is 0 Å². The molecule has 1 saturated carbocycles. The smallest absolute Gasteiger partial charge is 0.288 e. The van der Waals surface area contributed by atoms with E-state index in [0.717, 1.165) is 10.8 Å². The fourth-order valence-electron chi connectivity index (χ4n) is 4.12. The van der Waals surface area contributed by atoms with Crippen LogP contribution in [0.25, 0.3) is 17.2 Å². The van der Waals surface area contributed by atoms with Gasteiger partial charge in [0.25, 0.3) is 17.4 Å². The lowest BCUT2D eigenvalue weighted by Gasteiger charge is -2.23. The van der Waals surface area contributed by atoms with Crippen molar-refractivity contribution in [1.29, 1.82) is 0 Å². The van der Waals surface area contributed by atoms with Crippen LogP contribution >= 0.6 is 0 Å². The summed E-state index contributed by atoms with van der Waals surface area (Å²) in [4.78, 5) is 43.5. The van der Waals surface area contributed by atoms with Gasteiger partial charge >= 0.3 is 0 Å². The molecule has 2 aliphatic rings. The topological polar surface area (TPSA) is 152 Å². The lowest BCUT2D eigenvalue weighted by molar-refractivity contribution is -0.120. The highest BCUT2D eigenvalue weighted by Gasteiger charge is 2.41. The first-order chi connectivity index (χ1) is 18.2. The van der Waals surface area contributed by atoms with Crippen molar-refractivity contribution >= 4 is 29.0 Å². The largest absolute Gasteiger partial charge is 0.505 e. The minimum absolute atomic E-state index is 0.00517. The third kappa shape index (κ3) is 4.83. The van der Waals surface area contributed by atoms with E-state index < -0.39 is 40.1 Å². The molecule has 1 aromatic carbocycles. The lowest BCUT2D eigenvalue weighted by Crippen LogP contribution is -2.38. The maximum absolute atomic E-state index is 13.5. The second-order valence-electron chi connectivity index (χ2n) is 9.26. The Bertz CT molecular complexity index is 1530. The Kier molecular flexibility index (Phi) is 6.59. The van der Waals surface area contributed by atoms with Gasteiger partial charge < -0.3 is 30.3 Å². The van der Waals surface area contributed by atoms with Gasteiger partial charge in [0.1, 0.15) is 22.4 Å². The van der Waals surface area contributed by atoms with Crippen molar-refractivity contribution in [2.45, 2.75) is 24.9 Å². The molecular weight excluding hydrogens is 499 g/mol. The molecule has 0 radical (unpaired) electrons. The minimum atomic E-state index is -0.962. The van der Waals surface area contributed by atoms with Gasteiger partial charge in [0.2, 0.25) is 5.76 Å². The quantitative estimate of drug-likeness (QED) is 0.303. The van der Waals surface area contributed by atoms with E-state index in [0.29, 0.717) is 24.0 Å². The number of nitrogens with one attached hydrogen (secondary N) is 2. The molecule has 1 aliphatic heterocycles. The second kappa shape index (κ2) is 9.88. The summed E-state index contributed by atoms with van der Waals surface area (Å²) in [7, 11) is 1.45. The van der Waals surface area contributed by atoms with Crippen LogP contribution in [0, 0.1) is 5.82 Å². The number of ether oxygens (including phenoxy) is 2. The maximum Gasteiger partial charge on any atom is 0.288 e. The first-order valence-electron chi connectivity index (χ1n) is 11.9. The van der Waals surface area contributed by atoms with Gasteiger partial charge in [-0.05, 0) is 30.5 Å². The monoisotopic (exact) mass is 524 g/mol.